The van der Waals surface area contributed by atoms with Crippen LogP contribution < -0.4 is 0 Å². The van der Waals surface area contributed by atoms with Gasteiger partial charge in [-0.05, 0) is 12.6 Å². The monoisotopic (exact) mass is 366 g/mol. The van der Waals surface area contributed by atoms with Crippen LogP contribution in [0.5, 0.6) is 0 Å². The zero-order valence-corrected chi connectivity index (χ0v) is 14.3. The molecule has 2 bridgehead atoms. The van der Waals surface area contributed by atoms with Crippen LogP contribution >= 0.6 is 0 Å². The van der Waals surface area contributed by atoms with Crippen molar-refractivity contribution in [3.8, 4) is 0 Å². The molecule has 3 aliphatic rings. The van der Waals surface area contributed by atoms with Gasteiger partial charge in [0.25, 0.3) is 5.09 Å². The minimum atomic E-state index is -1.50. The summed E-state index contributed by atoms with van der Waals surface area (Å²) >= 11 is 0. The van der Waals surface area contributed by atoms with Crippen LogP contribution in [0.15, 0.2) is 30.3 Å². The fourth-order valence-corrected chi connectivity index (χ4v) is 4.04. The van der Waals surface area contributed by atoms with E-state index in [1.54, 1.807) is 0 Å². The van der Waals surface area contributed by atoms with Crippen molar-refractivity contribution in [1.29, 1.82) is 0 Å². The molecular formula is C17H22N2O7. The van der Waals surface area contributed by atoms with Crippen LogP contribution in [-0.4, -0.2) is 70.3 Å². The molecule has 9 nitrogen and oxygen atoms in total. The van der Waals surface area contributed by atoms with Gasteiger partial charge in [-0.3, -0.25) is 9.69 Å². The third kappa shape index (κ3) is 3.79. The predicted molar refractivity (Wildman–Crippen MR) is 88.2 cm³/mol. The lowest BCUT2D eigenvalue weighted by Crippen LogP contribution is -2.48. The van der Waals surface area contributed by atoms with Gasteiger partial charge in [-0.15, -0.1) is 10.1 Å². The summed E-state index contributed by atoms with van der Waals surface area (Å²) in [6.45, 7) is -0.226. The maximum absolute atomic E-state index is 12.4. The molecule has 0 spiro atoms. The molecule has 3 aliphatic heterocycles. The molecule has 3 fully saturated rings. The van der Waals surface area contributed by atoms with Crippen LogP contribution in [0.1, 0.15) is 24.3 Å². The van der Waals surface area contributed by atoms with E-state index in [9.17, 15) is 9.90 Å². The minimum Gasteiger partial charge on any atom is -0.462 e. The second kappa shape index (κ2) is 7.56. The molecule has 0 unspecified atom stereocenters. The van der Waals surface area contributed by atoms with E-state index in [2.05, 4.69) is 11.9 Å². The second-order valence-electron chi connectivity index (χ2n) is 6.78. The summed E-state index contributed by atoms with van der Waals surface area (Å²) in [7, 11) is 2.13. The van der Waals surface area contributed by atoms with Crippen molar-refractivity contribution in [2.24, 2.45) is 0 Å². The highest BCUT2D eigenvalue weighted by Gasteiger charge is 2.62. The first-order valence-electron chi connectivity index (χ1n) is 8.49. The van der Waals surface area contributed by atoms with E-state index in [0.717, 1.165) is 18.4 Å². The number of hydrogen-bond acceptors (Lipinski definition) is 7. The van der Waals surface area contributed by atoms with Gasteiger partial charge < -0.3 is 19.8 Å². The highest BCUT2D eigenvalue weighted by atomic mass is 16.9. The lowest BCUT2D eigenvalue weighted by Gasteiger charge is -2.38. The number of esters is 1. The lowest BCUT2D eigenvalue weighted by atomic mass is 9.97. The number of carbonyl (C=O) groups is 1. The van der Waals surface area contributed by atoms with Gasteiger partial charge in [-0.2, -0.15) is 0 Å². The van der Waals surface area contributed by atoms with Gasteiger partial charge in [0.05, 0.1) is 6.61 Å². The van der Waals surface area contributed by atoms with E-state index >= 15 is 0 Å². The highest BCUT2D eigenvalue weighted by molar-refractivity contribution is 5.78. The third-order valence-corrected chi connectivity index (χ3v) is 5.33. The summed E-state index contributed by atoms with van der Waals surface area (Å²) in [6.07, 6.45) is 2.26. The van der Waals surface area contributed by atoms with Gasteiger partial charge in [0.15, 0.2) is 0 Å². The van der Waals surface area contributed by atoms with Crippen molar-refractivity contribution >= 4 is 5.97 Å². The molecule has 0 aromatic heterocycles. The number of rotatable bonds is 4. The Morgan fingerprint density at radius 3 is 2.38 bits per heavy atom. The Morgan fingerprint density at radius 1 is 1.35 bits per heavy atom. The third-order valence-electron chi connectivity index (χ3n) is 5.33. The summed E-state index contributed by atoms with van der Waals surface area (Å²) in [6, 6.07) is 10.1. The molecule has 1 aromatic rings. The van der Waals surface area contributed by atoms with Crippen molar-refractivity contribution in [2.45, 2.75) is 49.2 Å². The SMILES string of the molecule is CN1[C@@H]2C[C@@H](OC(=O)[C@H](CO)c3ccccc3)C[C@H]1[C@@H]1O[C@H]12.O=[N+]([O-])O. The van der Waals surface area contributed by atoms with Crippen molar-refractivity contribution in [3.63, 3.8) is 0 Å². The number of hydrogen-bond donors (Lipinski definition) is 2. The van der Waals surface area contributed by atoms with Crippen LogP contribution in [0.2, 0.25) is 0 Å². The van der Waals surface area contributed by atoms with E-state index in [1.807, 2.05) is 30.3 Å². The Hall–Kier alpha value is -2.23. The zero-order valence-electron chi connectivity index (χ0n) is 14.3. The van der Waals surface area contributed by atoms with Gasteiger partial charge in [0.2, 0.25) is 0 Å². The number of epoxide rings is 1. The number of fused-ring (bicyclic) bond motifs is 5. The van der Waals surface area contributed by atoms with Gasteiger partial charge in [-0.25, -0.2) is 0 Å². The van der Waals surface area contributed by atoms with E-state index < -0.39 is 11.0 Å². The first-order valence-corrected chi connectivity index (χ1v) is 8.49. The fraction of sp³-hybridized carbons (Fsp3) is 0.588. The number of benzene rings is 1. The molecule has 0 saturated carbocycles. The highest BCUT2D eigenvalue weighted by Crippen LogP contribution is 2.48. The largest absolute Gasteiger partial charge is 0.462 e. The summed E-state index contributed by atoms with van der Waals surface area (Å²) in [4.78, 5) is 23.1. The van der Waals surface area contributed by atoms with Crippen molar-refractivity contribution in [1.82, 2.24) is 4.90 Å². The fourth-order valence-electron chi connectivity index (χ4n) is 4.04. The molecule has 3 heterocycles. The Morgan fingerprint density at radius 2 is 1.88 bits per heavy atom. The van der Waals surface area contributed by atoms with Crippen LogP contribution in [0, 0.1) is 10.1 Å². The molecular weight excluding hydrogens is 344 g/mol. The molecule has 9 heteroatoms. The molecule has 2 N–H and O–H groups in total. The van der Waals surface area contributed by atoms with Crippen molar-refractivity contribution < 1.29 is 29.7 Å². The lowest BCUT2D eigenvalue weighted by molar-refractivity contribution is -0.742. The van der Waals surface area contributed by atoms with Gasteiger partial charge in [-0.1, -0.05) is 30.3 Å². The molecule has 4 rings (SSSR count). The predicted octanol–water partition coefficient (Wildman–Crippen LogP) is 0.570. The summed E-state index contributed by atoms with van der Waals surface area (Å²) < 4.78 is 11.4. The Balaban J connectivity index is 0.000000447. The van der Waals surface area contributed by atoms with E-state index in [1.165, 1.54) is 0 Å². The second-order valence-corrected chi connectivity index (χ2v) is 6.78. The number of aliphatic hydroxyl groups excluding tert-OH is 1. The number of ether oxygens (including phenoxy) is 2. The molecule has 142 valence electrons. The van der Waals surface area contributed by atoms with E-state index in [-0.39, 0.29) is 18.7 Å². The Bertz CT molecular complexity index is 634. The first-order chi connectivity index (χ1) is 12.4. The summed E-state index contributed by atoms with van der Waals surface area (Å²) in [5.41, 5.74) is 0.803. The molecule has 0 radical (unpaired) electrons. The van der Waals surface area contributed by atoms with E-state index in [0.29, 0.717) is 24.3 Å². The number of carbonyl (C=O) groups excluding carboxylic acids is 1. The standard InChI is InChI=1S/C17H21NO4.HNO3/c1-18-13-7-11(8-14(18)16-15(13)22-16)21-17(20)12(9-19)10-5-3-2-4-6-10;2-1(3)4/h2-6,11-16,19H,7-9H2,1H3;(H,2,3,4)/t11-,12-,13-,14+,15+,16+;/m1./s1. The minimum absolute atomic E-state index is 0.0622. The quantitative estimate of drug-likeness (QED) is 0.343. The molecule has 6 atom stereocenters. The van der Waals surface area contributed by atoms with Crippen molar-refractivity contribution in [2.75, 3.05) is 13.7 Å². The maximum Gasteiger partial charge on any atom is 0.316 e. The van der Waals surface area contributed by atoms with Gasteiger partial charge in [0, 0.05) is 24.9 Å². The van der Waals surface area contributed by atoms with Crippen molar-refractivity contribution in [3.05, 3.63) is 46.0 Å². The van der Waals surface area contributed by atoms with E-state index in [4.69, 9.17) is 24.8 Å². The normalized spacial score (nSPS) is 32.6. The number of aliphatic hydroxyl groups is 1. The van der Waals surface area contributed by atoms with Crippen LogP contribution in [-0.2, 0) is 14.3 Å². The van der Waals surface area contributed by atoms with Gasteiger partial charge in [0.1, 0.15) is 24.2 Å². The van der Waals surface area contributed by atoms with Crippen LogP contribution in [0.3, 0.4) is 0 Å². The average molecular weight is 366 g/mol. The Labute approximate surface area is 150 Å². The Kier molecular flexibility index (Phi) is 5.40. The van der Waals surface area contributed by atoms with Gasteiger partial charge >= 0.3 is 5.97 Å². The summed E-state index contributed by atoms with van der Waals surface area (Å²) in [5, 5.41) is 23.2. The van der Waals surface area contributed by atoms with Crippen LogP contribution in [0.4, 0.5) is 0 Å². The first kappa shape index (κ1) is 18.6. The molecule has 0 aliphatic carbocycles. The molecule has 0 amide bonds. The topological polar surface area (TPSA) is 126 Å². The smallest absolute Gasteiger partial charge is 0.316 e. The maximum atomic E-state index is 12.4. The van der Waals surface area contributed by atoms with Crippen LogP contribution in [0.25, 0.3) is 0 Å². The molecule has 1 aromatic carbocycles. The molecule has 3 saturated heterocycles. The zero-order chi connectivity index (χ0) is 18.8. The average Bonchev–Trinajstić information content (AvgIpc) is 3.34. The number of likely N-dealkylation sites (N-methyl/N-ethyl adjacent to an activating group) is 1. The number of nitrogens with zero attached hydrogens (tertiary/aromatic N) is 2. The number of piperidine rings is 1. The summed E-state index contributed by atoms with van der Waals surface area (Å²) in [5.74, 6) is -0.915. The number of morpholine rings is 1. The molecule has 26 heavy (non-hydrogen) atoms.